The van der Waals surface area contributed by atoms with Crippen molar-refractivity contribution in [1.82, 2.24) is 4.98 Å². The Kier molecular flexibility index (Phi) is 4.76. The van der Waals surface area contributed by atoms with Crippen LogP contribution in [0.1, 0.15) is 28.7 Å². The number of esters is 1. The first-order chi connectivity index (χ1) is 7.69. The molecule has 0 aliphatic heterocycles. The van der Waals surface area contributed by atoms with Crippen LogP contribution in [0.25, 0.3) is 0 Å². The van der Waals surface area contributed by atoms with E-state index in [1.807, 2.05) is 0 Å². The number of ether oxygens (including phenoxy) is 1. The Morgan fingerprint density at radius 2 is 2.38 bits per heavy atom. The number of rotatable bonds is 3. The van der Waals surface area contributed by atoms with E-state index in [2.05, 4.69) is 16.8 Å². The van der Waals surface area contributed by atoms with Gasteiger partial charge in [-0.05, 0) is 6.92 Å². The zero-order valence-corrected chi connectivity index (χ0v) is 9.76. The number of nitrogens with two attached hydrogens (primary N) is 2. The van der Waals surface area contributed by atoms with Gasteiger partial charge in [0.25, 0.3) is 0 Å². The van der Waals surface area contributed by atoms with Crippen molar-refractivity contribution in [2.45, 2.75) is 13.3 Å². The second kappa shape index (κ2) is 6.10. The van der Waals surface area contributed by atoms with Crippen LogP contribution >= 0.6 is 11.3 Å². The highest BCUT2D eigenvalue weighted by Crippen LogP contribution is 2.20. The molecule has 16 heavy (non-hydrogen) atoms. The van der Waals surface area contributed by atoms with Gasteiger partial charge >= 0.3 is 5.97 Å². The smallest absolute Gasteiger partial charge is 0.359 e. The molecule has 0 radical (unpaired) electrons. The molecular weight excluding hydrogens is 226 g/mol. The Hall–Kier alpha value is -1.58. The summed E-state index contributed by atoms with van der Waals surface area (Å²) >= 11 is 1.17. The van der Waals surface area contributed by atoms with Crippen molar-refractivity contribution >= 4 is 22.4 Å². The number of thiazole rings is 1. The van der Waals surface area contributed by atoms with Crippen LogP contribution in [0, 0.1) is 11.8 Å². The number of nitrogens with zero attached hydrogens (tertiary/aromatic N) is 1. The molecule has 5 nitrogen and oxygen atoms in total. The maximum absolute atomic E-state index is 11.5. The lowest BCUT2D eigenvalue weighted by molar-refractivity contribution is 0.0520. The average molecular weight is 239 g/mol. The van der Waals surface area contributed by atoms with Crippen LogP contribution in [0.15, 0.2) is 0 Å². The fraction of sp³-hybridized carbons (Fsp3) is 0.400. The molecule has 6 heteroatoms. The van der Waals surface area contributed by atoms with Crippen LogP contribution in [0.3, 0.4) is 0 Å². The van der Waals surface area contributed by atoms with Gasteiger partial charge in [0.1, 0.15) is 4.88 Å². The number of anilines is 1. The van der Waals surface area contributed by atoms with Gasteiger partial charge < -0.3 is 16.2 Å². The molecule has 0 saturated heterocycles. The zero-order chi connectivity index (χ0) is 12.0. The molecule has 0 spiro atoms. The molecule has 0 aliphatic carbocycles. The Labute approximate surface area is 97.8 Å². The summed E-state index contributed by atoms with van der Waals surface area (Å²) in [5.41, 5.74) is 11.0. The van der Waals surface area contributed by atoms with Crippen LogP contribution in [-0.4, -0.2) is 24.1 Å². The molecule has 0 unspecified atom stereocenters. The highest BCUT2D eigenvalue weighted by molar-refractivity contribution is 7.16. The van der Waals surface area contributed by atoms with Gasteiger partial charge in [0.2, 0.25) is 0 Å². The third-order valence-corrected chi connectivity index (χ3v) is 2.38. The van der Waals surface area contributed by atoms with Crippen molar-refractivity contribution in [1.29, 1.82) is 0 Å². The maximum atomic E-state index is 11.5. The Balaban J connectivity index is 2.92. The van der Waals surface area contributed by atoms with E-state index in [4.69, 9.17) is 16.2 Å². The number of carbonyl (C=O) groups excluding carboxylic acids is 1. The van der Waals surface area contributed by atoms with E-state index < -0.39 is 5.97 Å². The first-order valence-corrected chi connectivity index (χ1v) is 5.63. The summed E-state index contributed by atoms with van der Waals surface area (Å²) in [7, 11) is 0. The molecule has 1 rings (SSSR count). The summed E-state index contributed by atoms with van der Waals surface area (Å²) < 4.78 is 4.85. The third kappa shape index (κ3) is 3.22. The molecule has 0 aliphatic rings. The van der Waals surface area contributed by atoms with Crippen molar-refractivity contribution in [3.63, 3.8) is 0 Å². The van der Waals surface area contributed by atoms with E-state index in [-0.39, 0.29) is 5.69 Å². The number of nitrogen functional groups attached to an aromatic ring is 1. The first-order valence-electron chi connectivity index (χ1n) is 4.81. The van der Waals surface area contributed by atoms with Crippen molar-refractivity contribution < 1.29 is 9.53 Å². The Bertz CT molecular complexity index is 431. The molecule has 0 saturated carbocycles. The predicted octanol–water partition coefficient (Wildman–Crippen LogP) is 0.602. The minimum Gasteiger partial charge on any atom is -0.461 e. The van der Waals surface area contributed by atoms with Gasteiger partial charge in [-0.3, -0.25) is 0 Å². The summed E-state index contributed by atoms with van der Waals surface area (Å²) in [5.74, 6) is 5.16. The fourth-order valence-electron chi connectivity index (χ4n) is 0.974. The largest absolute Gasteiger partial charge is 0.461 e. The summed E-state index contributed by atoms with van der Waals surface area (Å²) in [6.07, 6.45) is 0.570. The highest BCUT2D eigenvalue weighted by atomic mass is 32.1. The lowest BCUT2D eigenvalue weighted by Gasteiger charge is -1.97. The van der Waals surface area contributed by atoms with Gasteiger partial charge in [-0.1, -0.05) is 23.2 Å². The van der Waals surface area contributed by atoms with Crippen molar-refractivity contribution in [2.24, 2.45) is 5.73 Å². The number of carbonyl (C=O) groups is 1. The molecule has 4 N–H and O–H groups in total. The quantitative estimate of drug-likeness (QED) is 0.595. The van der Waals surface area contributed by atoms with E-state index in [1.165, 1.54) is 11.3 Å². The SMILES string of the molecule is CCOC(=O)c1nc(N)sc1C#CCCN. The van der Waals surface area contributed by atoms with Gasteiger partial charge in [0, 0.05) is 13.0 Å². The van der Waals surface area contributed by atoms with Crippen molar-refractivity contribution in [2.75, 3.05) is 18.9 Å². The normalized spacial score (nSPS) is 9.38. The maximum Gasteiger partial charge on any atom is 0.359 e. The Morgan fingerprint density at radius 1 is 1.62 bits per heavy atom. The highest BCUT2D eigenvalue weighted by Gasteiger charge is 2.16. The Morgan fingerprint density at radius 3 is 3.00 bits per heavy atom. The van der Waals surface area contributed by atoms with Gasteiger partial charge in [0.15, 0.2) is 10.8 Å². The molecule has 0 fully saturated rings. The standard InChI is InChI=1S/C10H13N3O2S/c1-2-15-9(14)8-7(5-3-4-6-11)16-10(12)13-8/h2,4,6,11H2,1H3,(H2,12,13). The molecule has 0 bridgehead atoms. The molecule has 0 atom stereocenters. The second-order valence-electron chi connectivity index (χ2n) is 2.79. The molecule has 0 aromatic carbocycles. The molecule has 1 heterocycles. The van der Waals surface area contributed by atoms with Gasteiger partial charge in [-0.15, -0.1) is 0 Å². The number of hydrogen-bond donors (Lipinski definition) is 2. The van der Waals surface area contributed by atoms with E-state index in [0.29, 0.717) is 29.6 Å². The lowest BCUT2D eigenvalue weighted by atomic mass is 10.3. The summed E-state index contributed by atoms with van der Waals surface area (Å²) in [6.45, 7) is 2.51. The van der Waals surface area contributed by atoms with Crippen LogP contribution in [0.4, 0.5) is 5.13 Å². The van der Waals surface area contributed by atoms with Crippen molar-refractivity contribution in [3.05, 3.63) is 10.6 Å². The van der Waals surface area contributed by atoms with Crippen LogP contribution in [-0.2, 0) is 4.74 Å². The average Bonchev–Trinajstić information content (AvgIpc) is 2.61. The monoisotopic (exact) mass is 239 g/mol. The number of hydrogen-bond acceptors (Lipinski definition) is 6. The molecule has 1 aromatic rings. The molecule has 86 valence electrons. The van der Waals surface area contributed by atoms with E-state index >= 15 is 0 Å². The van der Waals surface area contributed by atoms with Crippen LogP contribution in [0.2, 0.25) is 0 Å². The third-order valence-electron chi connectivity index (χ3n) is 1.58. The predicted molar refractivity (Wildman–Crippen MR) is 63.0 cm³/mol. The second-order valence-corrected chi connectivity index (χ2v) is 3.82. The number of aromatic nitrogens is 1. The van der Waals surface area contributed by atoms with E-state index in [1.54, 1.807) is 6.92 Å². The van der Waals surface area contributed by atoms with Gasteiger partial charge in [-0.2, -0.15) is 0 Å². The fourth-order valence-corrected chi connectivity index (χ4v) is 1.67. The van der Waals surface area contributed by atoms with E-state index in [9.17, 15) is 4.79 Å². The molecule has 1 aromatic heterocycles. The minimum atomic E-state index is -0.493. The summed E-state index contributed by atoms with van der Waals surface area (Å²) in [5, 5.41) is 0.306. The molecular formula is C10H13N3O2S. The minimum absolute atomic E-state index is 0.189. The van der Waals surface area contributed by atoms with Crippen LogP contribution < -0.4 is 11.5 Å². The van der Waals surface area contributed by atoms with Gasteiger partial charge in [-0.25, -0.2) is 9.78 Å². The zero-order valence-electron chi connectivity index (χ0n) is 8.95. The van der Waals surface area contributed by atoms with Crippen LogP contribution in [0.5, 0.6) is 0 Å². The first kappa shape index (κ1) is 12.5. The van der Waals surface area contributed by atoms with E-state index in [0.717, 1.165) is 0 Å². The summed E-state index contributed by atoms with van der Waals surface area (Å²) in [6, 6.07) is 0. The topological polar surface area (TPSA) is 91.2 Å². The summed E-state index contributed by atoms with van der Waals surface area (Å²) in [4.78, 5) is 15.9. The lowest BCUT2D eigenvalue weighted by Crippen LogP contribution is -2.07. The van der Waals surface area contributed by atoms with Crippen molar-refractivity contribution in [3.8, 4) is 11.8 Å². The molecule has 0 amide bonds. The van der Waals surface area contributed by atoms with Gasteiger partial charge in [0.05, 0.1) is 6.61 Å².